The second-order valence-corrected chi connectivity index (χ2v) is 3.87. The Morgan fingerprint density at radius 2 is 2.40 bits per heavy atom. The molecule has 5 heteroatoms. The van der Waals surface area contributed by atoms with Crippen LogP contribution in [-0.4, -0.2) is 32.9 Å². The zero-order valence-electron chi connectivity index (χ0n) is 9.32. The third kappa shape index (κ3) is 3.06. The Kier molecular flexibility index (Phi) is 3.47. The van der Waals surface area contributed by atoms with Crippen LogP contribution >= 0.6 is 0 Å². The molecule has 1 rings (SSSR count). The standard InChI is InChI=1S/C10H17N3O2/c1-4-10(2,15)7-11-9(14)8-5-6-12-13(8)3/h5-6,15H,4,7H2,1-3H3,(H,11,14). The van der Waals surface area contributed by atoms with Gasteiger partial charge in [-0.1, -0.05) is 6.92 Å². The van der Waals surface area contributed by atoms with Gasteiger partial charge in [0.05, 0.1) is 5.60 Å². The summed E-state index contributed by atoms with van der Waals surface area (Å²) < 4.78 is 1.50. The first kappa shape index (κ1) is 11.7. The van der Waals surface area contributed by atoms with E-state index < -0.39 is 5.60 Å². The Labute approximate surface area is 89.1 Å². The molecule has 0 aromatic carbocycles. The summed E-state index contributed by atoms with van der Waals surface area (Å²) in [4.78, 5) is 11.6. The van der Waals surface area contributed by atoms with Gasteiger partial charge in [0.2, 0.25) is 0 Å². The summed E-state index contributed by atoms with van der Waals surface area (Å²) in [5, 5.41) is 16.3. The van der Waals surface area contributed by atoms with Crippen molar-refractivity contribution in [1.29, 1.82) is 0 Å². The fraction of sp³-hybridized carbons (Fsp3) is 0.600. The average molecular weight is 211 g/mol. The second kappa shape index (κ2) is 4.44. The van der Waals surface area contributed by atoms with Crippen LogP contribution in [-0.2, 0) is 7.05 Å². The zero-order chi connectivity index (χ0) is 11.5. The molecule has 0 fully saturated rings. The van der Waals surface area contributed by atoms with E-state index in [1.165, 1.54) is 4.68 Å². The summed E-state index contributed by atoms with van der Waals surface area (Å²) in [5.74, 6) is -0.219. The van der Waals surface area contributed by atoms with Crippen LogP contribution in [0.5, 0.6) is 0 Å². The molecule has 0 aliphatic heterocycles. The van der Waals surface area contributed by atoms with Crippen molar-refractivity contribution in [2.75, 3.05) is 6.54 Å². The van der Waals surface area contributed by atoms with Gasteiger partial charge < -0.3 is 10.4 Å². The molecule has 1 amide bonds. The number of hydrogen-bond donors (Lipinski definition) is 2. The lowest BCUT2D eigenvalue weighted by atomic mass is 10.0. The second-order valence-electron chi connectivity index (χ2n) is 3.87. The van der Waals surface area contributed by atoms with Crippen LogP contribution in [0, 0.1) is 0 Å². The molecule has 1 aromatic heterocycles. The molecule has 84 valence electrons. The Bertz CT molecular complexity index is 344. The van der Waals surface area contributed by atoms with E-state index in [0.29, 0.717) is 12.1 Å². The van der Waals surface area contributed by atoms with Crippen LogP contribution in [0.1, 0.15) is 30.8 Å². The summed E-state index contributed by atoms with van der Waals surface area (Å²) in [5.41, 5.74) is -0.365. The molecule has 1 unspecified atom stereocenters. The van der Waals surface area contributed by atoms with E-state index in [-0.39, 0.29) is 12.5 Å². The predicted octanol–water partition coefficient (Wildman–Crippen LogP) is 0.311. The molecule has 5 nitrogen and oxygen atoms in total. The van der Waals surface area contributed by atoms with E-state index in [4.69, 9.17) is 0 Å². The van der Waals surface area contributed by atoms with Crippen molar-refractivity contribution in [1.82, 2.24) is 15.1 Å². The van der Waals surface area contributed by atoms with Gasteiger partial charge in [0.1, 0.15) is 5.69 Å². The first-order chi connectivity index (χ1) is 6.96. The highest BCUT2D eigenvalue weighted by atomic mass is 16.3. The molecule has 0 saturated heterocycles. The molecule has 0 spiro atoms. The summed E-state index contributed by atoms with van der Waals surface area (Å²) in [6.45, 7) is 3.81. The highest BCUT2D eigenvalue weighted by Gasteiger charge is 2.19. The normalized spacial score (nSPS) is 14.7. The summed E-state index contributed by atoms with van der Waals surface area (Å²) in [7, 11) is 1.70. The van der Waals surface area contributed by atoms with E-state index in [2.05, 4.69) is 10.4 Å². The van der Waals surface area contributed by atoms with Crippen LogP contribution in [0.2, 0.25) is 0 Å². The molecule has 1 aromatic rings. The Balaban J connectivity index is 2.55. The number of rotatable bonds is 4. The van der Waals surface area contributed by atoms with Crippen LogP contribution < -0.4 is 5.32 Å². The minimum absolute atomic E-state index is 0.219. The van der Waals surface area contributed by atoms with E-state index in [0.717, 1.165) is 0 Å². The number of carbonyl (C=O) groups is 1. The summed E-state index contributed by atoms with van der Waals surface area (Å²) >= 11 is 0. The van der Waals surface area contributed by atoms with Gasteiger partial charge in [-0.2, -0.15) is 5.10 Å². The largest absolute Gasteiger partial charge is 0.388 e. The van der Waals surface area contributed by atoms with Gasteiger partial charge in [0.15, 0.2) is 0 Å². The van der Waals surface area contributed by atoms with Crippen molar-refractivity contribution in [2.24, 2.45) is 7.05 Å². The number of aromatic nitrogens is 2. The lowest BCUT2D eigenvalue weighted by Gasteiger charge is -2.21. The van der Waals surface area contributed by atoms with Gasteiger partial charge in [-0.05, 0) is 19.4 Å². The number of hydrogen-bond acceptors (Lipinski definition) is 3. The number of carbonyl (C=O) groups excluding carboxylic acids is 1. The number of nitrogens with one attached hydrogen (secondary N) is 1. The smallest absolute Gasteiger partial charge is 0.269 e. The average Bonchev–Trinajstić information content (AvgIpc) is 2.61. The van der Waals surface area contributed by atoms with E-state index in [1.54, 1.807) is 26.2 Å². The molecule has 0 aliphatic carbocycles. The molecule has 0 aliphatic rings. The molecular weight excluding hydrogens is 194 g/mol. The van der Waals surface area contributed by atoms with E-state index >= 15 is 0 Å². The maximum absolute atomic E-state index is 11.6. The third-order valence-electron chi connectivity index (χ3n) is 2.45. The molecule has 0 saturated carbocycles. The SMILES string of the molecule is CCC(C)(O)CNC(=O)c1ccnn1C. The number of aryl methyl sites for hydroxylation is 1. The van der Waals surface area contributed by atoms with Gasteiger partial charge in [-0.25, -0.2) is 0 Å². The van der Waals surface area contributed by atoms with Crippen molar-refractivity contribution in [2.45, 2.75) is 25.9 Å². The quantitative estimate of drug-likeness (QED) is 0.753. The van der Waals surface area contributed by atoms with Crippen molar-refractivity contribution in [3.63, 3.8) is 0 Å². The van der Waals surface area contributed by atoms with Crippen molar-refractivity contribution < 1.29 is 9.90 Å². The van der Waals surface area contributed by atoms with Gasteiger partial charge in [-0.3, -0.25) is 9.48 Å². The minimum Gasteiger partial charge on any atom is -0.388 e. The number of aliphatic hydroxyl groups is 1. The Hall–Kier alpha value is -1.36. The third-order valence-corrected chi connectivity index (χ3v) is 2.45. The Morgan fingerprint density at radius 3 is 2.87 bits per heavy atom. The lowest BCUT2D eigenvalue weighted by Crippen LogP contribution is -2.40. The number of amides is 1. The molecule has 15 heavy (non-hydrogen) atoms. The van der Waals surface area contributed by atoms with Crippen molar-refractivity contribution >= 4 is 5.91 Å². The maximum atomic E-state index is 11.6. The molecular formula is C10H17N3O2. The van der Waals surface area contributed by atoms with Crippen LogP contribution in [0.4, 0.5) is 0 Å². The Morgan fingerprint density at radius 1 is 1.73 bits per heavy atom. The van der Waals surface area contributed by atoms with Crippen molar-refractivity contribution in [3.8, 4) is 0 Å². The molecule has 0 bridgehead atoms. The minimum atomic E-state index is -0.853. The fourth-order valence-corrected chi connectivity index (χ4v) is 1.08. The highest BCUT2D eigenvalue weighted by molar-refractivity contribution is 5.92. The van der Waals surface area contributed by atoms with Crippen LogP contribution in [0.25, 0.3) is 0 Å². The number of nitrogens with zero attached hydrogens (tertiary/aromatic N) is 2. The van der Waals surface area contributed by atoms with Gasteiger partial charge in [0, 0.05) is 19.8 Å². The first-order valence-corrected chi connectivity index (χ1v) is 4.95. The molecule has 1 atom stereocenters. The van der Waals surface area contributed by atoms with Crippen LogP contribution in [0.15, 0.2) is 12.3 Å². The van der Waals surface area contributed by atoms with Gasteiger partial charge in [0.25, 0.3) is 5.91 Å². The zero-order valence-corrected chi connectivity index (χ0v) is 9.32. The van der Waals surface area contributed by atoms with Gasteiger partial charge in [-0.15, -0.1) is 0 Å². The molecule has 2 N–H and O–H groups in total. The maximum Gasteiger partial charge on any atom is 0.269 e. The van der Waals surface area contributed by atoms with E-state index in [1.807, 2.05) is 6.92 Å². The summed E-state index contributed by atoms with van der Waals surface area (Å²) in [6, 6.07) is 1.63. The fourth-order valence-electron chi connectivity index (χ4n) is 1.08. The van der Waals surface area contributed by atoms with Crippen LogP contribution in [0.3, 0.4) is 0 Å². The first-order valence-electron chi connectivity index (χ1n) is 4.95. The van der Waals surface area contributed by atoms with E-state index in [9.17, 15) is 9.90 Å². The predicted molar refractivity (Wildman–Crippen MR) is 56.5 cm³/mol. The van der Waals surface area contributed by atoms with Crippen molar-refractivity contribution in [3.05, 3.63) is 18.0 Å². The monoisotopic (exact) mass is 211 g/mol. The summed E-state index contributed by atoms with van der Waals surface area (Å²) in [6.07, 6.45) is 2.16. The lowest BCUT2D eigenvalue weighted by molar-refractivity contribution is 0.0516. The molecule has 1 heterocycles. The highest BCUT2D eigenvalue weighted by Crippen LogP contribution is 2.06. The molecule has 0 radical (unpaired) electrons. The topological polar surface area (TPSA) is 67.2 Å². The van der Waals surface area contributed by atoms with Gasteiger partial charge >= 0.3 is 0 Å².